The Bertz CT molecular complexity index is 1180. The lowest BCUT2D eigenvalue weighted by Crippen LogP contribution is -1.97. The van der Waals surface area contributed by atoms with Gasteiger partial charge < -0.3 is 10.1 Å². The van der Waals surface area contributed by atoms with Crippen LogP contribution in [0.5, 0.6) is 5.75 Å². The van der Waals surface area contributed by atoms with Gasteiger partial charge in [-0.3, -0.25) is 30.3 Å². The number of hydrogen-bond donors (Lipinski definition) is 2. The summed E-state index contributed by atoms with van der Waals surface area (Å²) in [4.78, 5) is 31.1. The molecule has 3 aromatic carbocycles. The highest BCUT2D eigenvalue weighted by atomic mass is 16.6. The number of para-hydroxylation sites is 2. The molecule has 0 fully saturated rings. The van der Waals surface area contributed by atoms with Crippen molar-refractivity contribution in [1.82, 2.24) is 4.98 Å². The molecule has 0 spiro atoms. The lowest BCUT2D eigenvalue weighted by Gasteiger charge is -1.97. The molecule has 146 valence electrons. The monoisotopic (exact) mass is 396 g/mol. The number of nitro groups is 3. The Morgan fingerprint density at radius 3 is 1.48 bits per heavy atom. The molecule has 0 aliphatic carbocycles. The minimum atomic E-state index is -1.21. The number of phenolic OH excluding ortho intramolecular Hbond substituents is 1. The largest absolute Gasteiger partial charge is 0.497 e. The predicted molar refractivity (Wildman–Crippen MR) is 104 cm³/mol. The number of nitrogens with one attached hydrogen (secondary N) is 1. The van der Waals surface area contributed by atoms with Gasteiger partial charge in [-0.25, -0.2) is 0 Å². The van der Waals surface area contributed by atoms with Gasteiger partial charge in [0.1, 0.15) is 0 Å². The van der Waals surface area contributed by atoms with Crippen LogP contribution in [0.25, 0.3) is 21.8 Å². The quantitative estimate of drug-likeness (QED) is 0.381. The Hall–Kier alpha value is -4.54. The van der Waals surface area contributed by atoms with Crippen molar-refractivity contribution in [1.29, 1.82) is 0 Å². The first kappa shape index (κ1) is 19.2. The molecule has 0 unspecified atom stereocenters. The zero-order chi connectivity index (χ0) is 21.1. The van der Waals surface area contributed by atoms with Crippen LogP contribution in [-0.2, 0) is 0 Å². The number of fused-ring (bicyclic) bond motifs is 3. The number of aromatic amines is 1. The average Bonchev–Trinajstić information content (AvgIpc) is 3.06. The first-order valence-corrected chi connectivity index (χ1v) is 8.05. The summed E-state index contributed by atoms with van der Waals surface area (Å²) >= 11 is 0. The molecule has 29 heavy (non-hydrogen) atoms. The molecule has 2 N–H and O–H groups in total. The van der Waals surface area contributed by atoms with Crippen molar-refractivity contribution < 1.29 is 19.9 Å². The van der Waals surface area contributed by atoms with E-state index in [4.69, 9.17) is 5.11 Å². The zero-order valence-electron chi connectivity index (χ0n) is 14.5. The molecule has 4 rings (SSSR count). The van der Waals surface area contributed by atoms with E-state index in [0.29, 0.717) is 12.1 Å². The fourth-order valence-corrected chi connectivity index (χ4v) is 2.77. The molecule has 11 nitrogen and oxygen atoms in total. The van der Waals surface area contributed by atoms with Gasteiger partial charge in [0.2, 0.25) is 0 Å². The van der Waals surface area contributed by atoms with Crippen LogP contribution >= 0.6 is 0 Å². The molecule has 0 saturated carbocycles. The fraction of sp³-hybridized carbons (Fsp3) is 0. The number of H-pyrrole nitrogens is 1. The van der Waals surface area contributed by atoms with Crippen molar-refractivity contribution in [2.24, 2.45) is 0 Å². The molecule has 0 aliphatic heterocycles. The third-order valence-corrected chi connectivity index (χ3v) is 4.07. The second kappa shape index (κ2) is 7.60. The number of aromatic hydroxyl groups is 1. The summed E-state index contributed by atoms with van der Waals surface area (Å²) < 4.78 is 0. The normalized spacial score (nSPS) is 10.3. The summed E-state index contributed by atoms with van der Waals surface area (Å²) in [5.74, 6) is -1.21. The summed E-state index contributed by atoms with van der Waals surface area (Å²) in [6.45, 7) is 0. The number of benzene rings is 3. The van der Waals surface area contributed by atoms with Crippen molar-refractivity contribution in [2.45, 2.75) is 0 Å². The maximum Gasteiger partial charge on any atom is 0.324 e. The highest BCUT2D eigenvalue weighted by Crippen LogP contribution is 2.38. The maximum atomic E-state index is 10.4. The molecule has 11 heteroatoms. The SMILES string of the molecule is O=[N+]([O-])c1cc([N+](=O)[O-])c(O)c([N+](=O)[O-])c1.c1ccc2c(c1)[nH]c1ccccc12. The molecule has 0 atom stereocenters. The number of aromatic nitrogens is 1. The van der Waals surface area contributed by atoms with Gasteiger partial charge in [0.25, 0.3) is 11.4 Å². The summed E-state index contributed by atoms with van der Waals surface area (Å²) in [6, 6.07) is 17.7. The van der Waals surface area contributed by atoms with Gasteiger partial charge in [-0.2, -0.15) is 0 Å². The average molecular weight is 396 g/mol. The van der Waals surface area contributed by atoms with Crippen LogP contribution in [0.1, 0.15) is 0 Å². The third-order valence-electron chi connectivity index (χ3n) is 4.07. The lowest BCUT2D eigenvalue weighted by molar-refractivity contribution is -0.404. The Labute approximate surface area is 161 Å². The highest BCUT2D eigenvalue weighted by Gasteiger charge is 2.30. The molecule has 1 aromatic heterocycles. The fourth-order valence-electron chi connectivity index (χ4n) is 2.77. The van der Waals surface area contributed by atoms with Gasteiger partial charge in [-0.15, -0.1) is 0 Å². The van der Waals surface area contributed by atoms with Crippen LogP contribution in [0.4, 0.5) is 17.1 Å². The topological polar surface area (TPSA) is 165 Å². The van der Waals surface area contributed by atoms with Crippen molar-refractivity contribution in [3.8, 4) is 5.75 Å². The minimum Gasteiger partial charge on any atom is -0.497 e. The molecule has 0 bridgehead atoms. The van der Waals surface area contributed by atoms with E-state index in [2.05, 4.69) is 53.5 Å². The maximum absolute atomic E-state index is 10.4. The van der Waals surface area contributed by atoms with E-state index in [-0.39, 0.29) is 0 Å². The Balaban J connectivity index is 0.000000168. The van der Waals surface area contributed by atoms with Crippen LogP contribution in [0.2, 0.25) is 0 Å². The number of nitrogens with zero attached hydrogens (tertiary/aromatic N) is 3. The molecular formula is C18H12N4O7. The van der Waals surface area contributed by atoms with E-state index in [1.807, 2.05) is 0 Å². The molecule has 0 radical (unpaired) electrons. The Morgan fingerprint density at radius 1 is 0.690 bits per heavy atom. The number of nitro benzene ring substituents is 3. The van der Waals surface area contributed by atoms with E-state index in [1.54, 1.807) is 0 Å². The number of rotatable bonds is 3. The van der Waals surface area contributed by atoms with Crippen LogP contribution in [0.15, 0.2) is 60.7 Å². The molecule has 0 saturated heterocycles. The molecular weight excluding hydrogens is 384 g/mol. The van der Waals surface area contributed by atoms with Crippen molar-refractivity contribution in [2.75, 3.05) is 0 Å². The van der Waals surface area contributed by atoms with Crippen LogP contribution in [0.3, 0.4) is 0 Å². The second-order valence-electron chi connectivity index (χ2n) is 5.82. The van der Waals surface area contributed by atoms with Gasteiger partial charge >= 0.3 is 11.4 Å². The molecule has 0 aliphatic rings. The standard InChI is InChI=1S/C12H9N.C6H3N3O7/c1-3-7-11-9(5-1)10-6-2-4-8-12(10)13-11;10-6-4(8(13)14)1-3(7(11)12)2-5(6)9(15)16/h1-8,13H;1-2,10H. The number of non-ortho nitro benzene ring substituents is 1. The first-order chi connectivity index (χ1) is 13.8. The minimum absolute atomic E-state index is 0.447. The summed E-state index contributed by atoms with van der Waals surface area (Å²) in [7, 11) is 0. The highest BCUT2D eigenvalue weighted by molar-refractivity contribution is 6.06. The third kappa shape index (κ3) is 3.78. The van der Waals surface area contributed by atoms with Gasteiger partial charge in [0.05, 0.1) is 26.9 Å². The summed E-state index contributed by atoms with van der Waals surface area (Å²) in [5, 5.41) is 42.8. The Morgan fingerprint density at radius 2 is 1.10 bits per heavy atom. The van der Waals surface area contributed by atoms with E-state index in [0.717, 1.165) is 0 Å². The summed E-state index contributed by atoms with van der Waals surface area (Å²) in [5.41, 5.74) is -0.578. The van der Waals surface area contributed by atoms with E-state index < -0.39 is 37.6 Å². The van der Waals surface area contributed by atoms with Crippen LogP contribution in [0, 0.1) is 30.3 Å². The van der Waals surface area contributed by atoms with Crippen molar-refractivity contribution in [3.63, 3.8) is 0 Å². The van der Waals surface area contributed by atoms with Crippen molar-refractivity contribution in [3.05, 3.63) is 91.0 Å². The van der Waals surface area contributed by atoms with Crippen LogP contribution in [-0.4, -0.2) is 24.9 Å². The van der Waals surface area contributed by atoms with E-state index >= 15 is 0 Å². The van der Waals surface area contributed by atoms with Gasteiger partial charge in [0, 0.05) is 21.8 Å². The lowest BCUT2D eigenvalue weighted by atomic mass is 10.2. The van der Waals surface area contributed by atoms with E-state index in [1.165, 1.54) is 21.8 Å². The first-order valence-electron chi connectivity index (χ1n) is 8.05. The van der Waals surface area contributed by atoms with Gasteiger partial charge in [0.15, 0.2) is 0 Å². The summed E-state index contributed by atoms with van der Waals surface area (Å²) in [6.07, 6.45) is 0. The van der Waals surface area contributed by atoms with Gasteiger partial charge in [-0.05, 0) is 12.1 Å². The molecule has 1 heterocycles. The van der Waals surface area contributed by atoms with E-state index in [9.17, 15) is 30.3 Å². The molecule has 0 amide bonds. The van der Waals surface area contributed by atoms with Crippen LogP contribution < -0.4 is 0 Å². The smallest absolute Gasteiger partial charge is 0.324 e. The van der Waals surface area contributed by atoms with Gasteiger partial charge in [-0.1, -0.05) is 36.4 Å². The number of hydrogen-bond acceptors (Lipinski definition) is 7. The van der Waals surface area contributed by atoms with Crippen molar-refractivity contribution >= 4 is 38.9 Å². The Kier molecular flexibility index (Phi) is 5.04. The molecule has 4 aromatic rings. The number of phenols is 1. The zero-order valence-corrected chi connectivity index (χ0v) is 14.5. The predicted octanol–water partition coefficient (Wildman–Crippen LogP) is 4.44. The second-order valence-corrected chi connectivity index (χ2v) is 5.82.